The van der Waals surface area contributed by atoms with Crippen LogP contribution >= 0.6 is 0 Å². The summed E-state index contributed by atoms with van der Waals surface area (Å²) in [5.74, 6) is 0.639. The maximum absolute atomic E-state index is 12.8. The Balaban J connectivity index is 1.73. The van der Waals surface area contributed by atoms with Gasteiger partial charge in [-0.15, -0.1) is 5.10 Å². The van der Waals surface area contributed by atoms with Gasteiger partial charge in [0, 0.05) is 18.2 Å². The second kappa shape index (κ2) is 6.91. The van der Waals surface area contributed by atoms with Crippen molar-refractivity contribution in [2.24, 2.45) is 0 Å². The minimum Gasteiger partial charge on any atom is -0.497 e. The second-order valence-electron chi connectivity index (χ2n) is 5.98. The SMILES string of the molecule is COc1cccc(-n2nnc3c(=O)n(Cc4cccc([N+](=O)[O-])c4)cnc32)c1. The molecule has 0 atom stereocenters. The second-order valence-corrected chi connectivity index (χ2v) is 5.98. The molecule has 2 aromatic heterocycles. The molecule has 10 nitrogen and oxygen atoms in total. The van der Waals surface area contributed by atoms with Gasteiger partial charge in [-0.25, -0.2) is 4.98 Å². The van der Waals surface area contributed by atoms with Crippen molar-refractivity contribution in [3.8, 4) is 11.4 Å². The fraction of sp³-hybridized carbons (Fsp3) is 0.111. The topological polar surface area (TPSA) is 118 Å². The van der Waals surface area contributed by atoms with Gasteiger partial charge in [0.15, 0.2) is 11.2 Å². The quantitative estimate of drug-likeness (QED) is 0.385. The van der Waals surface area contributed by atoms with Crippen LogP contribution in [0.3, 0.4) is 0 Å². The summed E-state index contributed by atoms with van der Waals surface area (Å²) in [6.45, 7) is 0.134. The molecule has 10 heteroatoms. The van der Waals surface area contributed by atoms with Crippen LogP contribution in [0.15, 0.2) is 59.7 Å². The molecule has 0 aliphatic heterocycles. The van der Waals surface area contributed by atoms with E-state index in [4.69, 9.17) is 4.74 Å². The van der Waals surface area contributed by atoms with Crippen LogP contribution in [0.1, 0.15) is 5.56 Å². The monoisotopic (exact) mass is 378 g/mol. The first kappa shape index (κ1) is 17.3. The zero-order valence-corrected chi connectivity index (χ0v) is 14.7. The molecule has 2 aromatic carbocycles. The van der Waals surface area contributed by atoms with Crippen LogP contribution in [0.2, 0.25) is 0 Å². The van der Waals surface area contributed by atoms with Gasteiger partial charge in [0.25, 0.3) is 11.2 Å². The highest BCUT2D eigenvalue weighted by Gasteiger charge is 2.14. The van der Waals surface area contributed by atoms with Crippen molar-refractivity contribution in [3.05, 3.63) is 80.9 Å². The largest absolute Gasteiger partial charge is 0.497 e. The molecule has 140 valence electrons. The molecular weight excluding hydrogens is 364 g/mol. The molecule has 0 radical (unpaired) electrons. The molecule has 0 fully saturated rings. The molecule has 0 bridgehead atoms. The van der Waals surface area contributed by atoms with E-state index in [1.165, 1.54) is 27.7 Å². The number of hydrogen-bond donors (Lipinski definition) is 0. The number of nitrogens with zero attached hydrogens (tertiary/aromatic N) is 6. The predicted molar refractivity (Wildman–Crippen MR) is 99.7 cm³/mol. The first-order chi connectivity index (χ1) is 13.6. The number of aromatic nitrogens is 5. The molecule has 2 heterocycles. The van der Waals surface area contributed by atoms with E-state index in [1.54, 1.807) is 43.5 Å². The third-order valence-electron chi connectivity index (χ3n) is 4.20. The van der Waals surface area contributed by atoms with Crippen molar-refractivity contribution in [1.29, 1.82) is 0 Å². The zero-order chi connectivity index (χ0) is 19.7. The number of ether oxygens (including phenoxy) is 1. The van der Waals surface area contributed by atoms with Crippen LogP contribution in [0.5, 0.6) is 5.75 Å². The molecule has 4 rings (SSSR count). The highest BCUT2D eigenvalue weighted by atomic mass is 16.6. The minimum absolute atomic E-state index is 0.0384. The number of benzene rings is 2. The Labute approximate surface area is 157 Å². The third kappa shape index (κ3) is 3.07. The van der Waals surface area contributed by atoms with Crippen molar-refractivity contribution in [2.75, 3.05) is 7.11 Å². The summed E-state index contributed by atoms with van der Waals surface area (Å²) in [6, 6.07) is 13.2. The van der Waals surface area contributed by atoms with Gasteiger partial charge in [0.05, 0.1) is 24.3 Å². The molecule has 4 aromatic rings. The molecule has 0 aliphatic carbocycles. The van der Waals surface area contributed by atoms with Crippen LogP contribution in [-0.4, -0.2) is 36.6 Å². The molecular formula is C18H14N6O4. The highest BCUT2D eigenvalue weighted by Crippen LogP contribution is 2.18. The maximum atomic E-state index is 12.8. The van der Waals surface area contributed by atoms with E-state index in [0.717, 1.165) is 0 Å². The summed E-state index contributed by atoms with van der Waals surface area (Å²) in [4.78, 5) is 27.5. The number of fused-ring (bicyclic) bond motifs is 1. The Hall–Kier alpha value is -4.08. The molecule has 0 saturated heterocycles. The van der Waals surface area contributed by atoms with Crippen molar-refractivity contribution in [1.82, 2.24) is 24.5 Å². The fourth-order valence-electron chi connectivity index (χ4n) is 2.84. The Bertz CT molecular complexity index is 1250. The lowest BCUT2D eigenvalue weighted by atomic mass is 10.2. The van der Waals surface area contributed by atoms with Crippen LogP contribution < -0.4 is 10.3 Å². The number of nitro groups is 1. The van der Waals surface area contributed by atoms with Gasteiger partial charge in [-0.2, -0.15) is 4.68 Å². The Morgan fingerprint density at radius 3 is 2.79 bits per heavy atom. The molecule has 0 saturated carbocycles. The normalized spacial score (nSPS) is 10.9. The Morgan fingerprint density at radius 2 is 2.00 bits per heavy atom. The van der Waals surface area contributed by atoms with Crippen molar-refractivity contribution in [3.63, 3.8) is 0 Å². The zero-order valence-electron chi connectivity index (χ0n) is 14.7. The maximum Gasteiger partial charge on any atom is 0.283 e. The number of non-ortho nitro benzene ring substituents is 1. The molecule has 0 unspecified atom stereocenters. The van der Waals surface area contributed by atoms with Crippen molar-refractivity contribution < 1.29 is 9.66 Å². The van der Waals surface area contributed by atoms with Gasteiger partial charge in [0.2, 0.25) is 0 Å². The Kier molecular flexibility index (Phi) is 4.28. The smallest absolute Gasteiger partial charge is 0.283 e. The average Bonchev–Trinajstić information content (AvgIpc) is 3.15. The molecule has 0 amide bonds. The summed E-state index contributed by atoms with van der Waals surface area (Å²) in [6.07, 6.45) is 1.38. The summed E-state index contributed by atoms with van der Waals surface area (Å²) in [5, 5.41) is 18.9. The van der Waals surface area contributed by atoms with Crippen molar-refractivity contribution in [2.45, 2.75) is 6.54 Å². The minimum atomic E-state index is -0.479. The number of rotatable bonds is 5. The number of hydrogen-bond acceptors (Lipinski definition) is 7. The lowest BCUT2D eigenvalue weighted by Gasteiger charge is -2.06. The average molecular weight is 378 g/mol. The lowest BCUT2D eigenvalue weighted by molar-refractivity contribution is -0.384. The highest BCUT2D eigenvalue weighted by molar-refractivity contribution is 5.70. The summed E-state index contributed by atoms with van der Waals surface area (Å²) >= 11 is 0. The van der Waals surface area contributed by atoms with Gasteiger partial charge in [-0.1, -0.05) is 23.4 Å². The van der Waals surface area contributed by atoms with Crippen LogP contribution in [0.4, 0.5) is 5.69 Å². The fourth-order valence-corrected chi connectivity index (χ4v) is 2.84. The van der Waals surface area contributed by atoms with E-state index in [2.05, 4.69) is 15.3 Å². The molecule has 0 spiro atoms. The van der Waals surface area contributed by atoms with Gasteiger partial charge in [-0.3, -0.25) is 19.5 Å². The third-order valence-corrected chi connectivity index (χ3v) is 4.20. The summed E-state index contributed by atoms with van der Waals surface area (Å²) < 4.78 is 8.00. The molecule has 0 N–H and O–H groups in total. The first-order valence-electron chi connectivity index (χ1n) is 8.25. The number of methoxy groups -OCH3 is 1. The van der Waals surface area contributed by atoms with Crippen LogP contribution in [0, 0.1) is 10.1 Å². The summed E-state index contributed by atoms with van der Waals surface area (Å²) in [5.41, 5.74) is 1.27. The van der Waals surface area contributed by atoms with Crippen molar-refractivity contribution >= 4 is 16.9 Å². The van der Waals surface area contributed by atoms with Gasteiger partial charge in [0.1, 0.15) is 12.1 Å². The predicted octanol–water partition coefficient (Wildman–Crippen LogP) is 1.94. The van der Waals surface area contributed by atoms with Gasteiger partial charge in [-0.05, 0) is 17.7 Å². The summed E-state index contributed by atoms with van der Waals surface area (Å²) in [7, 11) is 1.56. The van der Waals surface area contributed by atoms with E-state index in [-0.39, 0.29) is 23.3 Å². The Morgan fingerprint density at radius 1 is 1.18 bits per heavy atom. The van der Waals surface area contributed by atoms with E-state index < -0.39 is 4.92 Å². The van der Waals surface area contributed by atoms with Gasteiger partial charge < -0.3 is 4.74 Å². The van der Waals surface area contributed by atoms with E-state index in [0.29, 0.717) is 22.6 Å². The standard InChI is InChI=1S/C18H14N6O4/c1-28-15-7-3-5-13(9-15)23-17-16(20-21-23)18(25)22(11-19-17)10-12-4-2-6-14(8-12)24(26)27/h2-9,11H,10H2,1H3. The van der Waals surface area contributed by atoms with Crippen LogP contribution in [0.25, 0.3) is 16.9 Å². The first-order valence-corrected chi connectivity index (χ1v) is 8.25. The van der Waals surface area contributed by atoms with E-state index in [1.807, 2.05) is 0 Å². The van der Waals surface area contributed by atoms with E-state index in [9.17, 15) is 14.9 Å². The molecule has 28 heavy (non-hydrogen) atoms. The number of nitro benzene ring substituents is 1. The van der Waals surface area contributed by atoms with Crippen LogP contribution in [-0.2, 0) is 6.54 Å². The lowest BCUT2D eigenvalue weighted by Crippen LogP contribution is -2.21. The van der Waals surface area contributed by atoms with Gasteiger partial charge >= 0.3 is 0 Å². The van der Waals surface area contributed by atoms with E-state index >= 15 is 0 Å². The molecule has 0 aliphatic rings.